The minimum atomic E-state index is 0.0561. The minimum absolute atomic E-state index is 0.0561. The first-order chi connectivity index (χ1) is 10.2. The first-order valence-corrected chi connectivity index (χ1v) is 7.57. The van der Waals surface area contributed by atoms with E-state index in [9.17, 15) is 4.79 Å². The predicted octanol–water partition coefficient (Wildman–Crippen LogP) is 0.654. The third-order valence-electron chi connectivity index (χ3n) is 3.64. The summed E-state index contributed by atoms with van der Waals surface area (Å²) in [6.07, 6.45) is 2.69. The molecule has 116 valence electrons. The van der Waals surface area contributed by atoms with Gasteiger partial charge in [0.25, 0.3) is 5.91 Å². The van der Waals surface area contributed by atoms with E-state index in [4.69, 9.17) is 5.11 Å². The quantitative estimate of drug-likeness (QED) is 0.806. The van der Waals surface area contributed by atoms with Crippen LogP contribution in [0.15, 0.2) is 18.3 Å². The van der Waals surface area contributed by atoms with Gasteiger partial charge in [0.15, 0.2) is 0 Å². The van der Waals surface area contributed by atoms with E-state index < -0.39 is 0 Å². The summed E-state index contributed by atoms with van der Waals surface area (Å²) in [5.74, 6) is 0.808. The summed E-state index contributed by atoms with van der Waals surface area (Å²) < 4.78 is 0. The molecule has 1 aliphatic rings. The Bertz CT molecular complexity index is 459. The van der Waals surface area contributed by atoms with E-state index >= 15 is 0 Å². The molecule has 1 amide bonds. The van der Waals surface area contributed by atoms with Gasteiger partial charge in [-0.2, -0.15) is 0 Å². The number of amides is 1. The molecule has 1 aromatic heterocycles. The second-order valence-corrected chi connectivity index (χ2v) is 5.21. The van der Waals surface area contributed by atoms with Crippen molar-refractivity contribution in [1.29, 1.82) is 0 Å². The van der Waals surface area contributed by atoms with Crippen LogP contribution in [0.3, 0.4) is 0 Å². The molecule has 0 aromatic carbocycles. The number of β-amino-alcohol motifs (C(OH)–C–C–N with tert-alkyl or cyclic N) is 1. The maximum absolute atomic E-state index is 12.5. The highest BCUT2D eigenvalue weighted by atomic mass is 16.3. The third kappa shape index (κ3) is 4.41. The highest BCUT2D eigenvalue weighted by molar-refractivity contribution is 5.94. The highest BCUT2D eigenvalue weighted by Crippen LogP contribution is 2.12. The lowest BCUT2D eigenvalue weighted by atomic mass is 10.2. The van der Waals surface area contributed by atoms with E-state index in [1.807, 2.05) is 11.0 Å². The Balaban J connectivity index is 1.94. The standard InChI is InChI=1S/C15H24N4O2/c1-2-4-16-14-12-13(3-5-17-14)15(21)19-8-6-18(7-9-19)10-11-20/h3,5,12,20H,2,4,6-11H2,1H3,(H,16,17). The van der Waals surface area contributed by atoms with Gasteiger partial charge in [0.1, 0.15) is 5.82 Å². The molecule has 6 nitrogen and oxygen atoms in total. The number of piperazine rings is 1. The molecule has 0 saturated carbocycles. The van der Waals surface area contributed by atoms with Crippen LogP contribution in [0.5, 0.6) is 0 Å². The lowest BCUT2D eigenvalue weighted by molar-refractivity contribution is 0.0615. The van der Waals surface area contributed by atoms with Gasteiger partial charge >= 0.3 is 0 Å². The Morgan fingerprint density at radius 3 is 2.81 bits per heavy atom. The van der Waals surface area contributed by atoms with Crippen LogP contribution in [0.25, 0.3) is 0 Å². The minimum Gasteiger partial charge on any atom is -0.395 e. The number of pyridine rings is 1. The Morgan fingerprint density at radius 1 is 1.38 bits per heavy atom. The first kappa shape index (κ1) is 15.7. The molecule has 2 rings (SSSR count). The van der Waals surface area contributed by atoms with Crippen molar-refractivity contribution in [2.45, 2.75) is 13.3 Å². The number of aromatic nitrogens is 1. The summed E-state index contributed by atoms with van der Waals surface area (Å²) in [7, 11) is 0. The number of nitrogens with one attached hydrogen (secondary N) is 1. The van der Waals surface area contributed by atoms with E-state index in [1.165, 1.54) is 0 Å². The molecule has 1 aliphatic heterocycles. The zero-order chi connectivity index (χ0) is 15.1. The van der Waals surface area contributed by atoms with Gasteiger partial charge in [-0.25, -0.2) is 4.98 Å². The second-order valence-electron chi connectivity index (χ2n) is 5.21. The lowest BCUT2D eigenvalue weighted by Crippen LogP contribution is -2.49. The molecule has 1 fully saturated rings. The van der Waals surface area contributed by atoms with Gasteiger partial charge in [0.05, 0.1) is 6.61 Å². The second kappa shape index (κ2) is 7.95. The van der Waals surface area contributed by atoms with Crippen molar-refractivity contribution in [3.05, 3.63) is 23.9 Å². The van der Waals surface area contributed by atoms with Crippen LogP contribution in [0.2, 0.25) is 0 Å². The van der Waals surface area contributed by atoms with Crippen LogP contribution in [-0.4, -0.2) is 71.7 Å². The molecule has 2 heterocycles. The van der Waals surface area contributed by atoms with Gasteiger partial charge in [-0.05, 0) is 18.6 Å². The number of carbonyl (C=O) groups is 1. The summed E-state index contributed by atoms with van der Waals surface area (Å²) in [6.45, 7) is 6.85. The third-order valence-corrected chi connectivity index (χ3v) is 3.64. The predicted molar refractivity (Wildman–Crippen MR) is 82.4 cm³/mol. The van der Waals surface area contributed by atoms with Crippen molar-refractivity contribution in [3.8, 4) is 0 Å². The van der Waals surface area contributed by atoms with Gasteiger partial charge in [0, 0.05) is 51.0 Å². The number of carbonyl (C=O) groups excluding carboxylic acids is 1. The largest absolute Gasteiger partial charge is 0.395 e. The fourth-order valence-electron chi connectivity index (χ4n) is 2.41. The smallest absolute Gasteiger partial charge is 0.254 e. The molecular weight excluding hydrogens is 268 g/mol. The zero-order valence-electron chi connectivity index (χ0n) is 12.6. The maximum atomic E-state index is 12.5. The van der Waals surface area contributed by atoms with Crippen LogP contribution in [0.4, 0.5) is 5.82 Å². The number of rotatable bonds is 6. The lowest BCUT2D eigenvalue weighted by Gasteiger charge is -2.34. The Morgan fingerprint density at radius 2 is 2.14 bits per heavy atom. The van der Waals surface area contributed by atoms with Crippen LogP contribution in [-0.2, 0) is 0 Å². The van der Waals surface area contributed by atoms with E-state index in [0.717, 1.165) is 31.9 Å². The zero-order valence-corrected chi connectivity index (χ0v) is 12.6. The molecule has 21 heavy (non-hydrogen) atoms. The topological polar surface area (TPSA) is 68.7 Å². The molecule has 0 atom stereocenters. The van der Waals surface area contributed by atoms with Crippen molar-refractivity contribution in [2.75, 3.05) is 51.2 Å². The maximum Gasteiger partial charge on any atom is 0.254 e. The van der Waals surface area contributed by atoms with Crippen molar-refractivity contribution >= 4 is 11.7 Å². The summed E-state index contributed by atoms with van der Waals surface area (Å²) in [4.78, 5) is 20.8. The number of hydrogen-bond donors (Lipinski definition) is 2. The normalized spacial score (nSPS) is 16.0. The van der Waals surface area contributed by atoms with Gasteiger partial charge < -0.3 is 15.3 Å². The van der Waals surface area contributed by atoms with Crippen molar-refractivity contribution < 1.29 is 9.90 Å². The molecule has 1 saturated heterocycles. The van der Waals surface area contributed by atoms with Crippen molar-refractivity contribution in [3.63, 3.8) is 0 Å². The Kier molecular flexibility index (Phi) is 5.95. The highest BCUT2D eigenvalue weighted by Gasteiger charge is 2.21. The Labute approximate surface area is 125 Å². The van der Waals surface area contributed by atoms with Crippen LogP contribution in [0, 0.1) is 0 Å². The fraction of sp³-hybridized carbons (Fsp3) is 0.600. The monoisotopic (exact) mass is 292 g/mol. The molecule has 1 aromatic rings. The summed E-state index contributed by atoms with van der Waals surface area (Å²) >= 11 is 0. The number of hydrogen-bond acceptors (Lipinski definition) is 5. The fourth-order valence-corrected chi connectivity index (χ4v) is 2.41. The van der Waals surface area contributed by atoms with Crippen LogP contribution < -0.4 is 5.32 Å². The molecule has 0 radical (unpaired) electrons. The number of nitrogens with zero attached hydrogens (tertiary/aromatic N) is 3. The Hall–Kier alpha value is -1.66. The molecule has 0 spiro atoms. The molecular formula is C15H24N4O2. The van der Waals surface area contributed by atoms with E-state index in [0.29, 0.717) is 25.2 Å². The van der Waals surface area contributed by atoms with Crippen molar-refractivity contribution in [2.24, 2.45) is 0 Å². The van der Waals surface area contributed by atoms with E-state index in [1.54, 1.807) is 12.3 Å². The molecule has 6 heteroatoms. The molecule has 0 bridgehead atoms. The number of anilines is 1. The van der Waals surface area contributed by atoms with E-state index in [-0.39, 0.29) is 12.5 Å². The summed E-state index contributed by atoms with van der Waals surface area (Å²) in [5, 5.41) is 12.1. The summed E-state index contributed by atoms with van der Waals surface area (Å²) in [5.41, 5.74) is 0.680. The van der Waals surface area contributed by atoms with Gasteiger partial charge in [-0.3, -0.25) is 9.69 Å². The van der Waals surface area contributed by atoms with Crippen molar-refractivity contribution in [1.82, 2.24) is 14.8 Å². The SMILES string of the molecule is CCCNc1cc(C(=O)N2CCN(CCO)CC2)ccn1. The van der Waals surface area contributed by atoms with Crippen LogP contribution in [0.1, 0.15) is 23.7 Å². The van der Waals surface area contributed by atoms with Gasteiger partial charge in [0.2, 0.25) is 0 Å². The molecule has 0 unspecified atom stereocenters. The first-order valence-electron chi connectivity index (χ1n) is 7.57. The van der Waals surface area contributed by atoms with Crippen LogP contribution >= 0.6 is 0 Å². The summed E-state index contributed by atoms with van der Waals surface area (Å²) in [6, 6.07) is 3.58. The average Bonchev–Trinajstić information content (AvgIpc) is 2.53. The number of aliphatic hydroxyl groups is 1. The average molecular weight is 292 g/mol. The molecule has 0 aliphatic carbocycles. The number of aliphatic hydroxyl groups excluding tert-OH is 1. The van der Waals surface area contributed by atoms with Gasteiger partial charge in [-0.1, -0.05) is 6.92 Å². The molecule has 2 N–H and O–H groups in total. The van der Waals surface area contributed by atoms with E-state index in [2.05, 4.69) is 22.1 Å². The van der Waals surface area contributed by atoms with Gasteiger partial charge in [-0.15, -0.1) is 0 Å².